The molecule has 0 saturated carbocycles. The van der Waals surface area contributed by atoms with E-state index in [4.69, 9.17) is 9.15 Å². The number of oxazole rings is 1. The first kappa shape index (κ1) is 13.3. The van der Waals surface area contributed by atoms with Crippen LogP contribution in [-0.4, -0.2) is 25.2 Å². The number of esters is 1. The molecule has 0 spiro atoms. The quantitative estimate of drug-likeness (QED) is 0.805. The topological polar surface area (TPSA) is 61.6 Å². The van der Waals surface area contributed by atoms with E-state index in [2.05, 4.69) is 25.7 Å². The second kappa shape index (κ2) is 5.64. The number of carbonyl (C=O) groups excluding carboxylic acids is 1. The number of aromatic nitrogens is 1. The second-order valence-electron chi connectivity index (χ2n) is 3.32. The van der Waals surface area contributed by atoms with E-state index in [-0.39, 0.29) is 12.4 Å². The lowest BCUT2D eigenvalue weighted by molar-refractivity contribution is 0.0559. The van der Waals surface area contributed by atoms with Gasteiger partial charge in [0.2, 0.25) is 11.7 Å². The molecule has 0 fully saturated rings. The molecular weight excluding hydrogens is 322 g/mol. The smallest absolute Gasteiger partial charge is 0.376 e. The van der Waals surface area contributed by atoms with Crippen molar-refractivity contribution >= 4 is 33.2 Å². The van der Waals surface area contributed by atoms with E-state index < -0.39 is 5.97 Å². The summed E-state index contributed by atoms with van der Waals surface area (Å²) >= 11 is 4.83. The maximum absolute atomic E-state index is 11.5. The lowest BCUT2D eigenvalue weighted by Gasteiger charge is -1.96. The van der Waals surface area contributed by atoms with Crippen LogP contribution in [0.25, 0.3) is 10.8 Å². The summed E-state index contributed by atoms with van der Waals surface area (Å²) in [4.78, 5) is 16.6. The first-order valence-electron chi connectivity index (χ1n) is 4.98. The summed E-state index contributed by atoms with van der Waals surface area (Å²) < 4.78 is 16.0. The fraction of sp³-hybridized carbons (Fsp3) is 0.273. The minimum absolute atomic E-state index is 0.0823. The molecule has 18 heavy (non-hydrogen) atoms. The van der Waals surface area contributed by atoms with E-state index in [1.54, 1.807) is 0 Å². The molecule has 0 bridgehead atoms. The Labute approximate surface area is 116 Å². The van der Waals surface area contributed by atoms with Gasteiger partial charge in [0.25, 0.3) is 0 Å². The summed E-state index contributed by atoms with van der Waals surface area (Å²) in [6.07, 6.45) is 0. The molecule has 5 nitrogen and oxygen atoms in total. The summed E-state index contributed by atoms with van der Waals surface area (Å²) in [5, 5.41) is 0. The van der Waals surface area contributed by atoms with E-state index in [1.165, 1.54) is 25.6 Å². The molecule has 0 aliphatic rings. The highest BCUT2D eigenvalue weighted by Crippen LogP contribution is 2.32. The van der Waals surface area contributed by atoms with Crippen molar-refractivity contribution in [3.63, 3.8) is 0 Å². The van der Waals surface area contributed by atoms with E-state index in [1.807, 2.05) is 12.1 Å². The van der Waals surface area contributed by atoms with Crippen LogP contribution in [0.5, 0.6) is 0 Å². The number of ether oxygens (including phenoxy) is 2. The van der Waals surface area contributed by atoms with Crippen LogP contribution < -0.4 is 0 Å². The van der Waals surface area contributed by atoms with Gasteiger partial charge >= 0.3 is 5.97 Å². The van der Waals surface area contributed by atoms with Crippen LogP contribution in [0, 0.1) is 0 Å². The van der Waals surface area contributed by atoms with Gasteiger partial charge < -0.3 is 13.9 Å². The Hall–Kier alpha value is -1.18. The molecule has 0 radical (unpaired) electrons. The molecule has 0 atom stereocenters. The molecule has 2 aromatic heterocycles. The van der Waals surface area contributed by atoms with E-state index in [0.717, 1.165) is 8.66 Å². The third kappa shape index (κ3) is 2.63. The third-order valence-corrected chi connectivity index (χ3v) is 3.74. The van der Waals surface area contributed by atoms with E-state index in [9.17, 15) is 4.79 Å². The molecular formula is C11H10BrNO4S. The van der Waals surface area contributed by atoms with Gasteiger partial charge in [-0.3, -0.25) is 0 Å². The maximum Gasteiger partial charge on any atom is 0.376 e. The highest BCUT2D eigenvalue weighted by atomic mass is 79.9. The van der Waals surface area contributed by atoms with Crippen molar-refractivity contribution < 1.29 is 18.7 Å². The zero-order chi connectivity index (χ0) is 13.1. The zero-order valence-corrected chi connectivity index (χ0v) is 12.1. The van der Waals surface area contributed by atoms with Crippen LogP contribution in [0.3, 0.4) is 0 Å². The average Bonchev–Trinajstić information content (AvgIpc) is 2.95. The number of thiophene rings is 1. The van der Waals surface area contributed by atoms with Gasteiger partial charge in [0.15, 0.2) is 0 Å². The first-order chi connectivity index (χ1) is 8.65. The van der Waals surface area contributed by atoms with E-state index >= 15 is 0 Å². The van der Waals surface area contributed by atoms with Crippen molar-refractivity contribution in [2.24, 2.45) is 0 Å². The van der Waals surface area contributed by atoms with E-state index in [0.29, 0.717) is 11.6 Å². The number of hydrogen-bond acceptors (Lipinski definition) is 6. The lowest BCUT2D eigenvalue weighted by atomic mass is 10.3. The molecule has 0 saturated heterocycles. The van der Waals surface area contributed by atoms with Gasteiger partial charge in [-0.25, -0.2) is 9.78 Å². The minimum atomic E-state index is -0.559. The number of rotatable bonds is 4. The SMILES string of the molecule is COCc1nc(-c2ccc(Br)s2)oc1C(=O)OC. The predicted octanol–water partition coefficient (Wildman–Crippen LogP) is 3.10. The second-order valence-corrected chi connectivity index (χ2v) is 5.79. The molecule has 0 aliphatic carbocycles. The van der Waals surface area contributed by atoms with Crippen LogP contribution in [0.1, 0.15) is 16.2 Å². The molecule has 7 heteroatoms. The molecule has 0 N–H and O–H groups in total. The van der Waals surface area contributed by atoms with Crippen LogP contribution in [0.4, 0.5) is 0 Å². The standard InChI is InChI=1S/C11H10BrNO4S/c1-15-5-6-9(11(14)16-2)17-10(13-6)7-3-4-8(12)18-7/h3-4H,5H2,1-2H3. The Morgan fingerprint density at radius 3 is 2.83 bits per heavy atom. The molecule has 2 rings (SSSR count). The summed E-state index contributed by atoms with van der Waals surface area (Å²) in [7, 11) is 2.82. The van der Waals surface area contributed by atoms with Gasteiger partial charge in [-0.2, -0.15) is 0 Å². The number of hydrogen-bond donors (Lipinski definition) is 0. The molecule has 96 valence electrons. The van der Waals surface area contributed by atoms with Crippen LogP contribution in [-0.2, 0) is 16.1 Å². The van der Waals surface area contributed by atoms with Crippen molar-refractivity contribution in [3.05, 3.63) is 27.4 Å². The Morgan fingerprint density at radius 2 is 2.28 bits per heavy atom. The van der Waals surface area contributed by atoms with Crippen molar-refractivity contribution in [2.45, 2.75) is 6.61 Å². The Bertz CT molecular complexity index is 563. The number of carbonyl (C=O) groups is 1. The monoisotopic (exact) mass is 331 g/mol. The van der Waals surface area contributed by atoms with Crippen LogP contribution in [0.2, 0.25) is 0 Å². The highest BCUT2D eigenvalue weighted by Gasteiger charge is 2.22. The average molecular weight is 332 g/mol. The van der Waals surface area contributed by atoms with Gasteiger partial charge in [0, 0.05) is 7.11 Å². The van der Waals surface area contributed by atoms with Gasteiger partial charge in [-0.15, -0.1) is 11.3 Å². The van der Waals surface area contributed by atoms with Gasteiger partial charge in [-0.1, -0.05) is 0 Å². The van der Waals surface area contributed by atoms with Crippen LogP contribution >= 0.6 is 27.3 Å². The Balaban J connectivity index is 2.41. The van der Waals surface area contributed by atoms with Gasteiger partial charge in [0.05, 0.1) is 22.4 Å². The Morgan fingerprint density at radius 1 is 1.50 bits per heavy atom. The Kier molecular flexibility index (Phi) is 4.15. The lowest BCUT2D eigenvalue weighted by Crippen LogP contribution is -2.04. The molecule has 0 aromatic carbocycles. The fourth-order valence-corrected chi connectivity index (χ4v) is 2.69. The van der Waals surface area contributed by atoms with Gasteiger partial charge in [0.1, 0.15) is 5.69 Å². The maximum atomic E-state index is 11.5. The van der Waals surface area contributed by atoms with Crippen molar-refractivity contribution in [1.82, 2.24) is 4.98 Å². The molecule has 0 unspecified atom stereocenters. The number of halogens is 1. The van der Waals surface area contributed by atoms with Crippen molar-refractivity contribution in [3.8, 4) is 10.8 Å². The van der Waals surface area contributed by atoms with Crippen molar-refractivity contribution in [1.29, 1.82) is 0 Å². The third-order valence-electron chi connectivity index (χ3n) is 2.13. The van der Waals surface area contributed by atoms with Crippen LogP contribution in [0.15, 0.2) is 20.3 Å². The van der Waals surface area contributed by atoms with Gasteiger partial charge in [-0.05, 0) is 28.1 Å². The predicted molar refractivity (Wildman–Crippen MR) is 69.6 cm³/mol. The zero-order valence-electron chi connectivity index (χ0n) is 9.73. The summed E-state index contributed by atoms with van der Waals surface area (Å²) in [5.74, 6) is -0.0894. The first-order valence-corrected chi connectivity index (χ1v) is 6.59. The highest BCUT2D eigenvalue weighted by molar-refractivity contribution is 9.11. The summed E-state index contributed by atoms with van der Waals surface area (Å²) in [6.45, 7) is 0.195. The summed E-state index contributed by atoms with van der Waals surface area (Å²) in [5.41, 5.74) is 0.434. The molecule has 0 aliphatic heterocycles. The molecule has 0 amide bonds. The molecule has 2 aromatic rings. The fourth-order valence-electron chi connectivity index (χ4n) is 1.37. The number of nitrogens with zero attached hydrogens (tertiary/aromatic N) is 1. The van der Waals surface area contributed by atoms with Crippen molar-refractivity contribution in [2.75, 3.05) is 14.2 Å². The normalized spacial score (nSPS) is 10.6. The largest absolute Gasteiger partial charge is 0.463 e. The molecule has 2 heterocycles. The summed E-state index contributed by atoms with van der Waals surface area (Å²) in [6, 6.07) is 3.75. The number of methoxy groups -OCH3 is 2. The minimum Gasteiger partial charge on any atom is -0.463 e.